The molecule has 8 nitrogen and oxygen atoms in total. The van der Waals surface area contributed by atoms with Crippen molar-refractivity contribution in [3.8, 4) is 17.1 Å². The number of aryl methyl sites for hydroxylation is 1. The van der Waals surface area contributed by atoms with E-state index < -0.39 is 6.04 Å². The Morgan fingerprint density at radius 1 is 1.11 bits per heavy atom. The van der Waals surface area contributed by atoms with Crippen LogP contribution in [0.1, 0.15) is 31.0 Å². The molecule has 1 atom stereocenters. The molecule has 5 rings (SSSR count). The number of anilines is 2. The van der Waals surface area contributed by atoms with E-state index in [2.05, 4.69) is 15.6 Å². The van der Waals surface area contributed by atoms with Gasteiger partial charge in [0.05, 0.1) is 24.1 Å². The minimum Gasteiger partial charge on any atom is -0.494 e. The summed E-state index contributed by atoms with van der Waals surface area (Å²) < 4.78 is 7.71. The number of nitrogens with zero attached hydrogens (tertiary/aromatic N) is 4. The second-order valence-corrected chi connectivity index (χ2v) is 8.31. The molecule has 0 saturated carbocycles. The van der Waals surface area contributed by atoms with Gasteiger partial charge in [0.25, 0.3) is 5.91 Å². The fourth-order valence-electron chi connectivity index (χ4n) is 4.27. The highest BCUT2D eigenvalue weighted by Crippen LogP contribution is 2.40. The lowest BCUT2D eigenvalue weighted by molar-refractivity contribution is -0.113. The Bertz CT molecular complexity index is 1410. The number of allylic oxidation sites excluding steroid dienone is 1. The molecule has 2 N–H and O–H groups in total. The molecular weight excluding hydrogens is 440 g/mol. The topological polar surface area (TPSA) is 94.0 Å². The van der Waals surface area contributed by atoms with Crippen LogP contribution in [-0.2, 0) is 4.79 Å². The zero-order valence-corrected chi connectivity index (χ0v) is 19.8. The van der Waals surface area contributed by atoms with E-state index in [9.17, 15) is 4.79 Å². The smallest absolute Gasteiger partial charge is 0.255 e. The van der Waals surface area contributed by atoms with Gasteiger partial charge < -0.3 is 15.4 Å². The first kappa shape index (κ1) is 22.3. The lowest BCUT2D eigenvalue weighted by Crippen LogP contribution is -2.31. The largest absolute Gasteiger partial charge is 0.494 e. The van der Waals surface area contributed by atoms with E-state index in [1.165, 1.54) is 0 Å². The summed E-state index contributed by atoms with van der Waals surface area (Å²) in [7, 11) is 0. The van der Waals surface area contributed by atoms with Gasteiger partial charge in [-0.05, 0) is 45.0 Å². The molecule has 1 aliphatic rings. The van der Waals surface area contributed by atoms with Crippen LogP contribution in [-0.4, -0.2) is 32.3 Å². The van der Waals surface area contributed by atoms with Crippen molar-refractivity contribution >= 4 is 17.5 Å². The van der Waals surface area contributed by atoms with Gasteiger partial charge in [0, 0.05) is 23.0 Å². The Morgan fingerprint density at radius 3 is 2.74 bits per heavy atom. The molecule has 2 aromatic carbocycles. The average molecular weight is 467 g/mol. The van der Waals surface area contributed by atoms with E-state index in [0.29, 0.717) is 41.1 Å². The van der Waals surface area contributed by atoms with Crippen LogP contribution >= 0.6 is 0 Å². The number of hydrogen-bond donors (Lipinski definition) is 2. The summed E-state index contributed by atoms with van der Waals surface area (Å²) in [6.07, 6.45) is 3.28. The molecule has 0 radical (unpaired) electrons. The molecule has 0 fully saturated rings. The Hall–Kier alpha value is -4.46. The monoisotopic (exact) mass is 466 g/mol. The molecule has 35 heavy (non-hydrogen) atoms. The first-order chi connectivity index (χ1) is 17.0. The van der Waals surface area contributed by atoms with E-state index in [1.54, 1.807) is 29.2 Å². The number of amides is 1. The third-order valence-electron chi connectivity index (χ3n) is 5.81. The van der Waals surface area contributed by atoms with Crippen molar-refractivity contribution in [3.05, 3.63) is 95.5 Å². The number of nitrogens with one attached hydrogen (secondary N) is 2. The van der Waals surface area contributed by atoms with E-state index in [4.69, 9.17) is 14.8 Å². The number of para-hydroxylation sites is 1. The first-order valence-corrected chi connectivity index (χ1v) is 11.5. The number of carbonyl (C=O) groups is 1. The summed E-state index contributed by atoms with van der Waals surface area (Å²) in [6, 6.07) is 18.8. The number of carbonyl (C=O) groups excluding carboxylic acids is 1. The number of aromatic nitrogens is 4. The van der Waals surface area contributed by atoms with Crippen LogP contribution in [0, 0.1) is 6.92 Å². The van der Waals surface area contributed by atoms with Gasteiger partial charge in [-0.3, -0.25) is 9.78 Å². The molecule has 0 bridgehead atoms. The summed E-state index contributed by atoms with van der Waals surface area (Å²) in [6.45, 7) is 6.35. The molecule has 2 aromatic heterocycles. The Labute approximate surface area is 203 Å². The highest BCUT2D eigenvalue weighted by atomic mass is 16.5. The third kappa shape index (κ3) is 4.38. The summed E-state index contributed by atoms with van der Waals surface area (Å²) >= 11 is 0. The maximum Gasteiger partial charge on any atom is 0.255 e. The van der Waals surface area contributed by atoms with Crippen LogP contribution in [0.2, 0.25) is 0 Å². The van der Waals surface area contributed by atoms with Crippen LogP contribution in [0.25, 0.3) is 11.4 Å². The van der Waals surface area contributed by atoms with Crippen LogP contribution in [0.15, 0.2) is 84.3 Å². The molecule has 0 saturated heterocycles. The molecule has 1 unspecified atom stereocenters. The zero-order chi connectivity index (χ0) is 24.4. The molecule has 4 aromatic rings. The molecule has 3 heterocycles. The fraction of sp³-hybridized carbons (Fsp3) is 0.185. The molecular formula is C27H26N6O2. The van der Waals surface area contributed by atoms with Crippen molar-refractivity contribution < 1.29 is 9.53 Å². The number of benzene rings is 2. The highest BCUT2D eigenvalue weighted by Gasteiger charge is 2.36. The van der Waals surface area contributed by atoms with Crippen LogP contribution in [0.4, 0.5) is 11.6 Å². The molecule has 1 amide bonds. The van der Waals surface area contributed by atoms with Gasteiger partial charge in [-0.15, -0.1) is 5.10 Å². The van der Waals surface area contributed by atoms with E-state index in [1.807, 2.05) is 69.3 Å². The maximum absolute atomic E-state index is 13.6. The predicted octanol–water partition coefficient (Wildman–Crippen LogP) is 4.97. The van der Waals surface area contributed by atoms with Crippen molar-refractivity contribution in [2.24, 2.45) is 0 Å². The van der Waals surface area contributed by atoms with Crippen molar-refractivity contribution in [3.63, 3.8) is 0 Å². The van der Waals surface area contributed by atoms with Crippen LogP contribution in [0.3, 0.4) is 0 Å². The standard InChI is InChI=1S/C27H26N6O2/c1-4-35-22-13-6-5-12-21(22)24-23(26(34)30-20-11-8-14-28-16-20)18(3)29-27-31-25(32-33(24)27)19-10-7-9-17(2)15-19/h5-16,24H,4H2,1-3H3,(H,30,34)(H,29,31,32). The highest BCUT2D eigenvalue weighted by molar-refractivity contribution is 6.06. The number of fused-ring (bicyclic) bond motifs is 1. The SMILES string of the molecule is CCOc1ccccc1C1C(C(=O)Nc2cccnc2)=C(C)Nc2nc(-c3cccc(C)c3)nn21. The Morgan fingerprint density at radius 2 is 1.97 bits per heavy atom. The zero-order valence-electron chi connectivity index (χ0n) is 19.8. The summed E-state index contributed by atoms with van der Waals surface area (Å²) in [4.78, 5) is 22.5. The van der Waals surface area contributed by atoms with Gasteiger partial charge in [-0.2, -0.15) is 4.98 Å². The summed E-state index contributed by atoms with van der Waals surface area (Å²) in [5, 5.41) is 11.1. The predicted molar refractivity (Wildman–Crippen MR) is 135 cm³/mol. The lowest BCUT2D eigenvalue weighted by atomic mass is 9.94. The lowest BCUT2D eigenvalue weighted by Gasteiger charge is -2.29. The van der Waals surface area contributed by atoms with Gasteiger partial charge in [0.2, 0.25) is 5.95 Å². The molecule has 176 valence electrons. The maximum atomic E-state index is 13.6. The minimum absolute atomic E-state index is 0.252. The number of ether oxygens (including phenoxy) is 1. The number of pyridine rings is 1. The number of rotatable bonds is 6. The Kier molecular flexibility index (Phi) is 6.01. The summed E-state index contributed by atoms with van der Waals surface area (Å²) in [5.74, 6) is 1.59. The minimum atomic E-state index is -0.545. The van der Waals surface area contributed by atoms with Crippen molar-refractivity contribution in [1.82, 2.24) is 19.7 Å². The van der Waals surface area contributed by atoms with E-state index >= 15 is 0 Å². The summed E-state index contributed by atoms with van der Waals surface area (Å²) in [5.41, 5.74) is 4.68. The Balaban J connectivity index is 1.64. The van der Waals surface area contributed by atoms with Crippen LogP contribution < -0.4 is 15.4 Å². The second kappa shape index (κ2) is 9.42. The molecule has 0 aliphatic carbocycles. The first-order valence-electron chi connectivity index (χ1n) is 11.5. The second-order valence-electron chi connectivity index (χ2n) is 8.31. The van der Waals surface area contributed by atoms with Gasteiger partial charge in [0.1, 0.15) is 11.8 Å². The van der Waals surface area contributed by atoms with E-state index in [0.717, 1.165) is 16.7 Å². The van der Waals surface area contributed by atoms with Gasteiger partial charge in [-0.25, -0.2) is 4.68 Å². The number of hydrogen-bond acceptors (Lipinski definition) is 6. The van der Waals surface area contributed by atoms with E-state index in [-0.39, 0.29) is 5.91 Å². The third-order valence-corrected chi connectivity index (χ3v) is 5.81. The average Bonchev–Trinajstić information content (AvgIpc) is 3.28. The molecule has 0 spiro atoms. The molecule has 1 aliphatic heterocycles. The molecule has 8 heteroatoms. The van der Waals surface area contributed by atoms with Crippen molar-refractivity contribution in [2.75, 3.05) is 17.2 Å². The van der Waals surface area contributed by atoms with Gasteiger partial charge in [-0.1, -0.05) is 42.0 Å². The fourth-order valence-corrected chi connectivity index (χ4v) is 4.27. The normalized spacial score (nSPS) is 14.8. The van der Waals surface area contributed by atoms with Gasteiger partial charge in [0.15, 0.2) is 5.82 Å². The quantitative estimate of drug-likeness (QED) is 0.417. The van der Waals surface area contributed by atoms with Gasteiger partial charge >= 0.3 is 0 Å². The van der Waals surface area contributed by atoms with Crippen molar-refractivity contribution in [2.45, 2.75) is 26.8 Å². The van der Waals surface area contributed by atoms with Crippen LogP contribution in [0.5, 0.6) is 5.75 Å². The van der Waals surface area contributed by atoms with Crippen molar-refractivity contribution in [1.29, 1.82) is 0 Å².